The highest BCUT2D eigenvalue weighted by Crippen LogP contribution is 2.31. The molecule has 2 aromatic carbocycles. The first-order chi connectivity index (χ1) is 10.0. The lowest BCUT2D eigenvalue weighted by molar-refractivity contribution is 0.102. The van der Waals surface area contributed by atoms with Crippen LogP contribution in [0.15, 0.2) is 36.4 Å². The van der Waals surface area contributed by atoms with E-state index in [2.05, 4.69) is 10.3 Å². The van der Waals surface area contributed by atoms with Gasteiger partial charge in [0, 0.05) is 10.6 Å². The Balaban J connectivity index is 1.89. The van der Waals surface area contributed by atoms with E-state index in [1.54, 1.807) is 18.2 Å². The largest absolute Gasteiger partial charge is 0.298 e. The highest BCUT2D eigenvalue weighted by Gasteiger charge is 2.12. The lowest BCUT2D eigenvalue weighted by Gasteiger charge is -2.03. The van der Waals surface area contributed by atoms with Crippen molar-refractivity contribution >= 4 is 55.8 Å². The van der Waals surface area contributed by atoms with Gasteiger partial charge in [-0.3, -0.25) is 10.1 Å². The van der Waals surface area contributed by atoms with Crippen LogP contribution in [0.2, 0.25) is 10.0 Å². The summed E-state index contributed by atoms with van der Waals surface area (Å²) in [6.07, 6.45) is 0. The first-order valence-electron chi connectivity index (χ1n) is 6.17. The van der Waals surface area contributed by atoms with Gasteiger partial charge >= 0.3 is 0 Å². The van der Waals surface area contributed by atoms with Gasteiger partial charge in [-0.25, -0.2) is 4.98 Å². The van der Waals surface area contributed by atoms with Crippen molar-refractivity contribution in [3.8, 4) is 0 Å². The van der Waals surface area contributed by atoms with Crippen LogP contribution in [-0.2, 0) is 0 Å². The molecule has 0 atom stereocenters. The predicted molar refractivity (Wildman–Crippen MR) is 88.8 cm³/mol. The van der Waals surface area contributed by atoms with Gasteiger partial charge in [-0.1, -0.05) is 46.7 Å². The summed E-state index contributed by atoms with van der Waals surface area (Å²) in [4.78, 5) is 16.5. The number of aryl methyl sites for hydroxylation is 1. The number of hydrogen-bond acceptors (Lipinski definition) is 3. The second-order valence-corrected chi connectivity index (χ2v) is 6.37. The molecule has 0 unspecified atom stereocenters. The number of benzene rings is 2. The number of nitrogens with one attached hydrogen (secondary N) is 1. The number of aromatic nitrogens is 1. The number of hydrogen-bond donors (Lipinski definition) is 1. The van der Waals surface area contributed by atoms with Gasteiger partial charge in [0.25, 0.3) is 5.91 Å². The highest BCUT2D eigenvalue weighted by atomic mass is 35.5. The summed E-state index contributed by atoms with van der Waals surface area (Å²) in [7, 11) is 0. The normalized spacial score (nSPS) is 10.8. The van der Waals surface area contributed by atoms with Gasteiger partial charge < -0.3 is 0 Å². The van der Waals surface area contributed by atoms with E-state index < -0.39 is 0 Å². The van der Waals surface area contributed by atoms with Gasteiger partial charge in [0.05, 0.1) is 9.72 Å². The van der Waals surface area contributed by atoms with Crippen molar-refractivity contribution in [1.82, 2.24) is 4.98 Å². The number of carbonyl (C=O) groups is 1. The van der Waals surface area contributed by atoms with E-state index in [1.165, 1.54) is 11.3 Å². The Morgan fingerprint density at radius 2 is 2.00 bits per heavy atom. The van der Waals surface area contributed by atoms with Gasteiger partial charge in [0.2, 0.25) is 0 Å². The standard InChI is InChI=1S/C15H10Cl2N2OS/c1-8-5-6-9(7-11(8)17)14(20)19-15-18-13-10(16)3-2-4-12(13)21-15/h2-7H,1H3,(H,18,19,20). The van der Waals surface area contributed by atoms with Crippen LogP contribution in [0.5, 0.6) is 0 Å². The average Bonchev–Trinajstić information content (AvgIpc) is 2.86. The monoisotopic (exact) mass is 336 g/mol. The summed E-state index contributed by atoms with van der Waals surface area (Å²) in [6, 6.07) is 10.7. The Morgan fingerprint density at radius 1 is 1.19 bits per heavy atom. The topological polar surface area (TPSA) is 42.0 Å². The van der Waals surface area contributed by atoms with Crippen molar-refractivity contribution in [2.45, 2.75) is 6.92 Å². The number of amides is 1. The second-order valence-electron chi connectivity index (χ2n) is 4.52. The van der Waals surface area contributed by atoms with E-state index in [0.717, 1.165) is 10.3 Å². The zero-order valence-electron chi connectivity index (χ0n) is 11.0. The SMILES string of the molecule is Cc1ccc(C(=O)Nc2nc3c(Cl)cccc3s2)cc1Cl. The van der Waals surface area contributed by atoms with Crippen LogP contribution in [-0.4, -0.2) is 10.9 Å². The van der Waals surface area contributed by atoms with Crippen LogP contribution < -0.4 is 5.32 Å². The molecule has 106 valence electrons. The lowest BCUT2D eigenvalue weighted by Crippen LogP contribution is -2.11. The molecule has 0 radical (unpaired) electrons. The Hall–Kier alpha value is -1.62. The molecule has 21 heavy (non-hydrogen) atoms. The van der Waals surface area contributed by atoms with Gasteiger partial charge in [-0.05, 0) is 36.8 Å². The van der Waals surface area contributed by atoms with Crippen molar-refractivity contribution < 1.29 is 4.79 Å². The molecule has 0 saturated carbocycles. The predicted octanol–water partition coefficient (Wildman–Crippen LogP) is 5.16. The lowest BCUT2D eigenvalue weighted by atomic mass is 10.1. The zero-order valence-corrected chi connectivity index (χ0v) is 13.3. The number of fused-ring (bicyclic) bond motifs is 1. The van der Waals surface area contributed by atoms with Crippen molar-refractivity contribution in [3.05, 3.63) is 57.6 Å². The fraction of sp³-hybridized carbons (Fsp3) is 0.0667. The Labute approximate surface area is 135 Å². The first-order valence-corrected chi connectivity index (χ1v) is 7.74. The molecule has 6 heteroatoms. The number of carbonyl (C=O) groups excluding carboxylic acids is 1. The van der Waals surface area contributed by atoms with Gasteiger partial charge in [0.1, 0.15) is 5.52 Å². The molecule has 0 aliphatic carbocycles. The molecule has 0 saturated heterocycles. The average molecular weight is 337 g/mol. The second kappa shape index (κ2) is 5.64. The molecular weight excluding hydrogens is 327 g/mol. The van der Waals surface area contributed by atoms with Crippen LogP contribution in [0, 0.1) is 6.92 Å². The minimum atomic E-state index is -0.243. The number of anilines is 1. The van der Waals surface area contributed by atoms with Gasteiger partial charge in [-0.15, -0.1) is 0 Å². The molecule has 0 aliphatic heterocycles. The van der Waals surface area contributed by atoms with Crippen LogP contribution in [0.4, 0.5) is 5.13 Å². The molecule has 1 aromatic heterocycles. The minimum Gasteiger partial charge on any atom is -0.298 e. The maximum absolute atomic E-state index is 12.2. The summed E-state index contributed by atoms with van der Waals surface area (Å²) in [6.45, 7) is 1.89. The molecule has 3 nitrogen and oxygen atoms in total. The van der Waals surface area contributed by atoms with Crippen molar-refractivity contribution in [1.29, 1.82) is 0 Å². The van der Waals surface area contributed by atoms with E-state index in [9.17, 15) is 4.79 Å². The van der Waals surface area contributed by atoms with Crippen molar-refractivity contribution in [2.24, 2.45) is 0 Å². The third kappa shape index (κ3) is 2.88. The molecule has 1 N–H and O–H groups in total. The fourth-order valence-electron chi connectivity index (χ4n) is 1.87. The highest BCUT2D eigenvalue weighted by molar-refractivity contribution is 7.22. The quantitative estimate of drug-likeness (QED) is 0.701. The maximum atomic E-state index is 12.2. The first kappa shape index (κ1) is 14.3. The number of nitrogens with zero attached hydrogens (tertiary/aromatic N) is 1. The summed E-state index contributed by atoms with van der Waals surface area (Å²) >= 11 is 13.5. The number of rotatable bonds is 2. The summed E-state index contributed by atoms with van der Waals surface area (Å²) in [5, 5.41) is 4.42. The van der Waals surface area contributed by atoms with Gasteiger partial charge in [-0.2, -0.15) is 0 Å². The third-order valence-electron chi connectivity index (χ3n) is 3.02. The number of thiazole rings is 1. The van der Waals surface area contributed by atoms with Crippen LogP contribution >= 0.6 is 34.5 Å². The maximum Gasteiger partial charge on any atom is 0.257 e. The summed E-state index contributed by atoms with van der Waals surface area (Å²) in [5.41, 5.74) is 2.12. The van der Waals surface area contributed by atoms with Crippen molar-refractivity contribution in [3.63, 3.8) is 0 Å². The molecular formula is C15H10Cl2N2OS. The molecule has 3 aromatic rings. The molecule has 1 heterocycles. The minimum absolute atomic E-state index is 0.243. The van der Waals surface area contributed by atoms with E-state index in [1.807, 2.05) is 25.1 Å². The summed E-state index contributed by atoms with van der Waals surface area (Å²) in [5.74, 6) is -0.243. The van der Waals surface area contributed by atoms with Crippen molar-refractivity contribution in [2.75, 3.05) is 5.32 Å². The Kier molecular flexibility index (Phi) is 3.85. The Bertz CT molecular complexity index is 845. The molecule has 0 aliphatic rings. The van der Waals surface area contributed by atoms with Crippen LogP contribution in [0.1, 0.15) is 15.9 Å². The van der Waals surface area contributed by atoms with E-state index in [-0.39, 0.29) is 5.91 Å². The Morgan fingerprint density at radius 3 is 2.71 bits per heavy atom. The van der Waals surface area contributed by atoms with Crippen LogP contribution in [0.25, 0.3) is 10.2 Å². The number of halogens is 2. The van der Waals surface area contributed by atoms with E-state index in [4.69, 9.17) is 23.2 Å². The van der Waals surface area contributed by atoms with Gasteiger partial charge in [0.15, 0.2) is 5.13 Å². The summed E-state index contributed by atoms with van der Waals surface area (Å²) < 4.78 is 0.930. The molecule has 0 spiro atoms. The third-order valence-corrected chi connectivity index (χ3v) is 4.67. The molecule has 0 fully saturated rings. The van der Waals surface area contributed by atoms with Crippen LogP contribution in [0.3, 0.4) is 0 Å². The fourth-order valence-corrected chi connectivity index (χ4v) is 3.21. The molecule has 3 rings (SSSR count). The molecule has 0 bridgehead atoms. The van der Waals surface area contributed by atoms with E-state index >= 15 is 0 Å². The van der Waals surface area contributed by atoms with E-state index in [0.29, 0.717) is 26.3 Å². The molecule has 1 amide bonds. The zero-order chi connectivity index (χ0) is 15.0. The number of para-hydroxylation sites is 1. The smallest absolute Gasteiger partial charge is 0.257 e.